The van der Waals surface area contributed by atoms with E-state index in [9.17, 15) is 5.11 Å². The van der Waals surface area contributed by atoms with Crippen LogP contribution in [0.2, 0.25) is 0 Å². The minimum atomic E-state index is -0.592. The molecular formula is C11H18O2S. The molecule has 0 saturated heterocycles. The maximum Gasteiger partial charge on any atom is 0.114 e. The van der Waals surface area contributed by atoms with Crippen molar-refractivity contribution in [3.8, 4) is 0 Å². The Morgan fingerprint density at radius 1 is 1.36 bits per heavy atom. The predicted octanol–water partition coefficient (Wildman–Crippen LogP) is 2.85. The van der Waals surface area contributed by atoms with Crippen LogP contribution >= 0.6 is 11.8 Å². The molecule has 1 heterocycles. The highest BCUT2D eigenvalue weighted by molar-refractivity contribution is 7.98. The first-order chi connectivity index (χ1) is 6.51. The zero-order valence-corrected chi connectivity index (χ0v) is 9.86. The summed E-state index contributed by atoms with van der Waals surface area (Å²) in [5.41, 5.74) is -0.592. The highest BCUT2D eigenvalue weighted by Crippen LogP contribution is 2.19. The molecule has 14 heavy (non-hydrogen) atoms. The van der Waals surface area contributed by atoms with Crippen LogP contribution in [0.25, 0.3) is 0 Å². The van der Waals surface area contributed by atoms with Gasteiger partial charge in [-0.2, -0.15) is 11.8 Å². The van der Waals surface area contributed by atoms with Crippen LogP contribution in [0.1, 0.15) is 32.3 Å². The Morgan fingerprint density at radius 3 is 2.50 bits per heavy atom. The molecule has 0 atom stereocenters. The second-order valence-corrected chi connectivity index (χ2v) is 5.01. The van der Waals surface area contributed by atoms with Crippen LogP contribution in [0.5, 0.6) is 0 Å². The van der Waals surface area contributed by atoms with E-state index in [-0.39, 0.29) is 0 Å². The molecule has 0 aliphatic rings. The fourth-order valence-corrected chi connectivity index (χ4v) is 2.05. The highest BCUT2D eigenvalue weighted by Gasteiger charge is 2.12. The van der Waals surface area contributed by atoms with Crippen molar-refractivity contribution in [2.45, 2.75) is 38.5 Å². The van der Waals surface area contributed by atoms with Crippen LogP contribution in [-0.2, 0) is 12.2 Å². The third-order valence-electron chi connectivity index (χ3n) is 1.77. The van der Waals surface area contributed by atoms with E-state index < -0.39 is 5.60 Å². The van der Waals surface area contributed by atoms with E-state index in [0.717, 1.165) is 29.4 Å². The molecule has 1 N–H and O–H groups in total. The summed E-state index contributed by atoms with van der Waals surface area (Å²) < 4.78 is 5.55. The number of hydrogen-bond donors (Lipinski definition) is 1. The van der Waals surface area contributed by atoms with Crippen molar-refractivity contribution in [2.24, 2.45) is 0 Å². The van der Waals surface area contributed by atoms with Crippen molar-refractivity contribution in [3.63, 3.8) is 0 Å². The third-order valence-corrected chi connectivity index (χ3v) is 3.16. The number of thioether (sulfide) groups is 1. The summed E-state index contributed by atoms with van der Waals surface area (Å²) in [7, 11) is 0. The zero-order chi connectivity index (χ0) is 10.6. The van der Waals surface area contributed by atoms with Gasteiger partial charge in [0.15, 0.2) is 0 Å². The van der Waals surface area contributed by atoms with E-state index in [4.69, 9.17) is 4.42 Å². The summed E-state index contributed by atoms with van der Waals surface area (Å²) in [4.78, 5) is 0. The first kappa shape index (κ1) is 11.7. The molecular weight excluding hydrogens is 196 g/mol. The smallest absolute Gasteiger partial charge is 0.114 e. The minimum absolute atomic E-state index is 0.592. The summed E-state index contributed by atoms with van der Waals surface area (Å²) in [6.45, 7) is 5.71. The normalized spacial score (nSPS) is 12.0. The lowest BCUT2D eigenvalue weighted by Crippen LogP contribution is -2.21. The molecule has 0 aliphatic heterocycles. The molecule has 2 nitrogen and oxygen atoms in total. The van der Waals surface area contributed by atoms with Gasteiger partial charge in [0, 0.05) is 12.2 Å². The third kappa shape index (κ3) is 4.20. The van der Waals surface area contributed by atoms with E-state index in [1.165, 1.54) is 0 Å². The number of hydrogen-bond acceptors (Lipinski definition) is 3. The molecule has 0 bridgehead atoms. The Kier molecular flexibility index (Phi) is 4.08. The fourth-order valence-electron chi connectivity index (χ4n) is 1.09. The summed E-state index contributed by atoms with van der Waals surface area (Å²) in [6.07, 6.45) is 0.941. The minimum Gasteiger partial charge on any atom is -0.465 e. The van der Waals surface area contributed by atoms with Crippen LogP contribution in [-0.4, -0.2) is 16.5 Å². The van der Waals surface area contributed by atoms with Gasteiger partial charge in [0.1, 0.15) is 11.5 Å². The van der Waals surface area contributed by atoms with Gasteiger partial charge in [-0.05, 0) is 26.0 Å². The summed E-state index contributed by atoms with van der Waals surface area (Å²) in [5.74, 6) is 3.60. The van der Waals surface area contributed by atoms with Crippen LogP contribution < -0.4 is 0 Å². The molecule has 0 fully saturated rings. The van der Waals surface area contributed by atoms with Crippen molar-refractivity contribution in [3.05, 3.63) is 23.7 Å². The van der Waals surface area contributed by atoms with Gasteiger partial charge in [-0.1, -0.05) is 6.92 Å². The summed E-state index contributed by atoms with van der Waals surface area (Å²) in [5, 5.41) is 9.50. The van der Waals surface area contributed by atoms with Crippen LogP contribution in [0.4, 0.5) is 0 Å². The van der Waals surface area contributed by atoms with Gasteiger partial charge in [-0.15, -0.1) is 0 Å². The molecule has 0 amide bonds. The Morgan fingerprint density at radius 2 is 2.00 bits per heavy atom. The van der Waals surface area contributed by atoms with E-state index in [0.29, 0.717) is 0 Å². The highest BCUT2D eigenvalue weighted by atomic mass is 32.2. The van der Waals surface area contributed by atoms with Crippen LogP contribution in [0, 0.1) is 0 Å². The average molecular weight is 214 g/mol. The molecule has 0 aliphatic carbocycles. The first-order valence-electron chi connectivity index (χ1n) is 4.89. The van der Waals surface area contributed by atoms with Gasteiger partial charge < -0.3 is 9.52 Å². The molecule has 0 spiro atoms. The van der Waals surface area contributed by atoms with Gasteiger partial charge in [-0.3, -0.25) is 0 Å². The van der Waals surface area contributed by atoms with Crippen LogP contribution in [0.3, 0.4) is 0 Å². The fraction of sp³-hybridized carbons (Fsp3) is 0.636. The number of rotatable bonds is 5. The second kappa shape index (κ2) is 4.89. The Hall–Kier alpha value is -0.410. The predicted molar refractivity (Wildman–Crippen MR) is 60.5 cm³/mol. The Labute approximate surface area is 89.7 Å². The molecule has 3 heteroatoms. The molecule has 1 aromatic rings. The molecule has 1 aromatic heterocycles. The standard InChI is InChI=1S/C11H18O2S/c1-4-9-5-6-10(13-9)7-14-8-11(2,3)12/h5-6,12H,4,7-8H2,1-3H3. The van der Waals surface area contributed by atoms with Crippen molar-refractivity contribution < 1.29 is 9.52 Å². The molecule has 0 aromatic carbocycles. The second-order valence-electron chi connectivity index (χ2n) is 4.03. The average Bonchev–Trinajstić information content (AvgIpc) is 2.50. The number of aryl methyl sites for hydroxylation is 1. The Bertz CT molecular complexity index is 273. The molecule has 1 rings (SSSR count). The van der Waals surface area contributed by atoms with Crippen molar-refractivity contribution in [2.75, 3.05) is 5.75 Å². The van der Waals surface area contributed by atoms with E-state index in [1.54, 1.807) is 11.8 Å². The maximum absolute atomic E-state index is 9.50. The van der Waals surface area contributed by atoms with Gasteiger partial charge >= 0.3 is 0 Å². The molecule has 0 unspecified atom stereocenters. The summed E-state index contributed by atoms with van der Waals surface area (Å²) >= 11 is 1.69. The van der Waals surface area contributed by atoms with Crippen LogP contribution in [0.15, 0.2) is 16.5 Å². The van der Waals surface area contributed by atoms with E-state index in [1.807, 2.05) is 26.0 Å². The van der Waals surface area contributed by atoms with Gasteiger partial charge in [0.05, 0.1) is 11.4 Å². The maximum atomic E-state index is 9.50. The van der Waals surface area contributed by atoms with Gasteiger partial charge in [-0.25, -0.2) is 0 Å². The van der Waals surface area contributed by atoms with E-state index in [2.05, 4.69) is 6.92 Å². The molecule has 0 radical (unpaired) electrons. The number of furan rings is 1. The quantitative estimate of drug-likeness (QED) is 0.818. The molecule has 0 saturated carbocycles. The first-order valence-corrected chi connectivity index (χ1v) is 6.04. The largest absolute Gasteiger partial charge is 0.465 e. The SMILES string of the molecule is CCc1ccc(CSCC(C)(C)O)o1. The topological polar surface area (TPSA) is 33.4 Å². The lowest BCUT2D eigenvalue weighted by atomic mass is 10.2. The van der Waals surface area contributed by atoms with Gasteiger partial charge in [0.25, 0.3) is 0 Å². The number of aliphatic hydroxyl groups is 1. The lowest BCUT2D eigenvalue weighted by molar-refractivity contribution is 0.107. The monoisotopic (exact) mass is 214 g/mol. The summed E-state index contributed by atoms with van der Waals surface area (Å²) in [6, 6.07) is 4.02. The Balaban J connectivity index is 2.31. The van der Waals surface area contributed by atoms with Crippen molar-refractivity contribution in [1.82, 2.24) is 0 Å². The molecule has 80 valence electrons. The van der Waals surface area contributed by atoms with Crippen molar-refractivity contribution in [1.29, 1.82) is 0 Å². The zero-order valence-electron chi connectivity index (χ0n) is 9.04. The van der Waals surface area contributed by atoms with Crippen molar-refractivity contribution >= 4 is 11.8 Å². The van der Waals surface area contributed by atoms with Gasteiger partial charge in [0.2, 0.25) is 0 Å². The lowest BCUT2D eigenvalue weighted by Gasteiger charge is -2.15. The van der Waals surface area contributed by atoms with E-state index >= 15 is 0 Å².